The van der Waals surface area contributed by atoms with E-state index in [1.54, 1.807) is 0 Å². The second-order valence-electron chi connectivity index (χ2n) is 7.60. The molecule has 5 nitrogen and oxygen atoms in total. The number of aromatic nitrogens is 3. The van der Waals surface area contributed by atoms with Gasteiger partial charge < -0.3 is 14.9 Å². The van der Waals surface area contributed by atoms with Crippen molar-refractivity contribution >= 4 is 39.4 Å². The number of hydrogen-bond acceptors (Lipinski definition) is 2. The van der Waals surface area contributed by atoms with Crippen LogP contribution in [0.4, 0.5) is 0 Å². The van der Waals surface area contributed by atoms with Crippen molar-refractivity contribution in [2.24, 2.45) is 0 Å². The molecule has 1 aliphatic heterocycles. The molecule has 1 aliphatic rings. The smallest absolute Gasteiger partial charge is 0.270 e. The minimum Gasteiger partial charge on any atom is -0.349 e. The van der Waals surface area contributed by atoms with Gasteiger partial charge in [-0.3, -0.25) is 4.79 Å². The summed E-state index contributed by atoms with van der Waals surface area (Å²) in [7, 11) is 0. The quantitative estimate of drug-likeness (QED) is 0.502. The summed E-state index contributed by atoms with van der Waals surface area (Å²) < 4.78 is 0. The van der Waals surface area contributed by atoms with E-state index >= 15 is 0 Å². The number of likely N-dealkylation sites (tertiary alicyclic amines) is 1. The maximum absolute atomic E-state index is 12.9. The van der Waals surface area contributed by atoms with Crippen LogP contribution in [0.15, 0.2) is 42.5 Å². The molecule has 1 saturated heterocycles. The Bertz CT molecular complexity index is 1180. The zero-order valence-electron chi connectivity index (χ0n) is 15.6. The number of nitrogens with one attached hydrogen (secondary N) is 2. The highest BCUT2D eigenvalue weighted by Gasteiger charge is 2.27. The number of fused-ring (bicyclic) bond motifs is 2. The number of halogens is 1. The minimum absolute atomic E-state index is 0.0333. The van der Waals surface area contributed by atoms with Crippen molar-refractivity contribution in [3.05, 3.63) is 64.6 Å². The zero-order chi connectivity index (χ0) is 19.3. The van der Waals surface area contributed by atoms with Gasteiger partial charge in [-0.25, -0.2) is 4.98 Å². The first-order valence-corrected chi connectivity index (χ1v) is 9.99. The van der Waals surface area contributed by atoms with Crippen molar-refractivity contribution in [3.63, 3.8) is 0 Å². The predicted octanol–water partition coefficient (Wildman–Crippen LogP) is 5.03. The summed E-state index contributed by atoms with van der Waals surface area (Å²) >= 11 is 6.22. The summed E-state index contributed by atoms with van der Waals surface area (Å²) in [6.07, 6.45) is 1.82. The normalized spacial score (nSPS) is 15.6. The monoisotopic (exact) mass is 392 g/mol. The molecule has 2 aromatic heterocycles. The fourth-order valence-electron chi connectivity index (χ4n) is 4.10. The molecule has 0 bridgehead atoms. The Balaban J connectivity index is 1.31. The molecule has 2 aromatic carbocycles. The van der Waals surface area contributed by atoms with Crippen LogP contribution in [0.1, 0.15) is 40.6 Å². The molecule has 6 heteroatoms. The Morgan fingerprint density at radius 1 is 1.14 bits per heavy atom. The molecule has 28 heavy (non-hydrogen) atoms. The average molecular weight is 393 g/mol. The van der Waals surface area contributed by atoms with Gasteiger partial charge in [0, 0.05) is 24.4 Å². The SMILES string of the molecule is Cc1ccc2nc(C3CCN(C(=O)c4cc5cccc(Cl)c5[nH]4)CC3)[nH]c2c1. The van der Waals surface area contributed by atoms with Crippen molar-refractivity contribution in [3.8, 4) is 0 Å². The Morgan fingerprint density at radius 2 is 1.96 bits per heavy atom. The maximum Gasteiger partial charge on any atom is 0.270 e. The lowest BCUT2D eigenvalue weighted by atomic mass is 9.96. The van der Waals surface area contributed by atoms with Crippen LogP contribution >= 0.6 is 11.6 Å². The van der Waals surface area contributed by atoms with Gasteiger partial charge in [-0.1, -0.05) is 29.8 Å². The maximum atomic E-state index is 12.9. The second-order valence-corrected chi connectivity index (χ2v) is 8.00. The molecule has 3 heterocycles. The largest absolute Gasteiger partial charge is 0.349 e. The molecule has 2 N–H and O–H groups in total. The van der Waals surface area contributed by atoms with E-state index in [-0.39, 0.29) is 5.91 Å². The Hall–Kier alpha value is -2.79. The van der Waals surface area contributed by atoms with Gasteiger partial charge in [-0.2, -0.15) is 0 Å². The van der Waals surface area contributed by atoms with Crippen LogP contribution in [-0.2, 0) is 0 Å². The number of aryl methyl sites for hydroxylation is 1. The Labute approximate surface area is 167 Å². The molecule has 0 unspecified atom stereocenters. The van der Waals surface area contributed by atoms with E-state index in [1.165, 1.54) is 5.56 Å². The molecule has 1 amide bonds. The summed E-state index contributed by atoms with van der Waals surface area (Å²) in [5.41, 5.74) is 4.74. The first-order chi connectivity index (χ1) is 13.6. The molecule has 0 aliphatic carbocycles. The van der Waals surface area contributed by atoms with Gasteiger partial charge in [0.25, 0.3) is 5.91 Å². The Morgan fingerprint density at radius 3 is 2.75 bits per heavy atom. The van der Waals surface area contributed by atoms with Gasteiger partial charge in [0.1, 0.15) is 11.5 Å². The molecule has 4 aromatic rings. The highest BCUT2D eigenvalue weighted by molar-refractivity contribution is 6.35. The first-order valence-electron chi connectivity index (χ1n) is 9.61. The van der Waals surface area contributed by atoms with E-state index in [9.17, 15) is 4.79 Å². The molecule has 0 saturated carbocycles. The molecule has 0 radical (unpaired) electrons. The number of para-hydroxylation sites is 1. The fraction of sp³-hybridized carbons (Fsp3) is 0.273. The van der Waals surface area contributed by atoms with Crippen LogP contribution in [0.5, 0.6) is 0 Å². The van der Waals surface area contributed by atoms with E-state index in [0.29, 0.717) is 16.6 Å². The summed E-state index contributed by atoms with van der Waals surface area (Å²) in [5.74, 6) is 1.42. The number of H-pyrrole nitrogens is 2. The first kappa shape index (κ1) is 17.3. The highest BCUT2D eigenvalue weighted by Crippen LogP contribution is 2.29. The van der Waals surface area contributed by atoms with Crippen molar-refractivity contribution in [1.29, 1.82) is 0 Å². The molecule has 0 spiro atoms. The lowest BCUT2D eigenvalue weighted by Gasteiger charge is -2.30. The van der Waals surface area contributed by atoms with Gasteiger partial charge in [0.15, 0.2) is 0 Å². The number of carbonyl (C=O) groups excluding carboxylic acids is 1. The van der Waals surface area contributed by atoms with Gasteiger partial charge in [-0.15, -0.1) is 0 Å². The molecule has 5 rings (SSSR count). The number of rotatable bonds is 2. The number of carbonyl (C=O) groups is 1. The average Bonchev–Trinajstić information content (AvgIpc) is 3.32. The third kappa shape index (κ3) is 2.96. The minimum atomic E-state index is 0.0333. The van der Waals surface area contributed by atoms with Crippen LogP contribution in [-0.4, -0.2) is 38.8 Å². The number of nitrogens with zero attached hydrogens (tertiary/aromatic N) is 2. The molecule has 0 atom stereocenters. The van der Waals surface area contributed by atoms with E-state index in [0.717, 1.165) is 53.7 Å². The number of aromatic amines is 2. The second kappa shape index (κ2) is 6.67. The van der Waals surface area contributed by atoms with E-state index in [2.05, 4.69) is 35.1 Å². The van der Waals surface area contributed by atoms with Gasteiger partial charge >= 0.3 is 0 Å². The van der Waals surface area contributed by atoms with E-state index in [1.807, 2.05) is 29.2 Å². The summed E-state index contributed by atoms with van der Waals surface area (Å²) in [6.45, 7) is 3.53. The Kier molecular flexibility index (Phi) is 4.13. The zero-order valence-corrected chi connectivity index (χ0v) is 16.4. The van der Waals surface area contributed by atoms with Crippen molar-refractivity contribution in [2.75, 3.05) is 13.1 Å². The third-order valence-electron chi connectivity index (χ3n) is 5.66. The fourth-order valence-corrected chi connectivity index (χ4v) is 4.33. The van der Waals surface area contributed by atoms with Gasteiger partial charge in [-0.05, 0) is 49.6 Å². The topological polar surface area (TPSA) is 64.8 Å². The third-order valence-corrected chi connectivity index (χ3v) is 5.98. The van der Waals surface area contributed by atoms with Crippen LogP contribution in [0.2, 0.25) is 5.02 Å². The highest BCUT2D eigenvalue weighted by atomic mass is 35.5. The van der Waals surface area contributed by atoms with Crippen molar-refractivity contribution in [1.82, 2.24) is 19.9 Å². The predicted molar refractivity (Wildman–Crippen MR) is 112 cm³/mol. The van der Waals surface area contributed by atoms with E-state index in [4.69, 9.17) is 16.6 Å². The lowest BCUT2D eigenvalue weighted by molar-refractivity contribution is 0.0706. The van der Waals surface area contributed by atoms with Crippen LogP contribution in [0, 0.1) is 6.92 Å². The summed E-state index contributed by atoms with van der Waals surface area (Å²) in [5, 5.41) is 1.60. The molecular formula is C22H21ClN4O. The number of imidazole rings is 1. The number of benzene rings is 2. The van der Waals surface area contributed by atoms with Gasteiger partial charge in [0.05, 0.1) is 21.6 Å². The van der Waals surface area contributed by atoms with Crippen LogP contribution in [0.3, 0.4) is 0 Å². The standard InChI is InChI=1S/C22H21ClN4O/c1-13-5-6-17-18(11-13)26-21(25-17)14-7-9-27(10-8-14)22(28)19-12-15-3-2-4-16(23)20(15)24-19/h2-6,11-12,14,24H,7-10H2,1H3,(H,25,26). The molecule has 142 valence electrons. The summed E-state index contributed by atoms with van der Waals surface area (Å²) in [6, 6.07) is 13.8. The van der Waals surface area contributed by atoms with Crippen molar-refractivity contribution in [2.45, 2.75) is 25.7 Å². The van der Waals surface area contributed by atoms with E-state index < -0.39 is 0 Å². The van der Waals surface area contributed by atoms with Crippen LogP contribution in [0.25, 0.3) is 21.9 Å². The van der Waals surface area contributed by atoms with Crippen LogP contribution < -0.4 is 0 Å². The molecular weight excluding hydrogens is 372 g/mol. The number of piperidine rings is 1. The number of hydrogen-bond donors (Lipinski definition) is 2. The molecule has 1 fully saturated rings. The van der Waals surface area contributed by atoms with Gasteiger partial charge in [0.2, 0.25) is 0 Å². The van der Waals surface area contributed by atoms with Crippen molar-refractivity contribution < 1.29 is 4.79 Å². The summed E-state index contributed by atoms with van der Waals surface area (Å²) in [4.78, 5) is 26.3. The number of amides is 1. The lowest BCUT2D eigenvalue weighted by Crippen LogP contribution is -2.38.